The molecule has 0 aromatic heterocycles. The Balaban J connectivity index is 2.70. The molecule has 1 rings (SSSR count). The molecule has 70 valence electrons. The Kier molecular flexibility index (Phi) is 3.71. The first-order valence-corrected chi connectivity index (χ1v) is 4.65. The van der Waals surface area contributed by atoms with Crippen LogP contribution in [0.15, 0.2) is 36.9 Å². The maximum Gasteiger partial charge on any atom is 0.0297 e. The average molecular weight is 175 g/mol. The van der Waals surface area contributed by atoms with E-state index in [4.69, 9.17) is 0 Å². The maximum absolute atomic E-state index is 3.69. The molecular formula is C12H17N. The van der Waals surface area contributed by atoms with E-state index in [9.17, 15) is 0 Å². The van der Waals surface area contributed by atoms with Crippen LogP contribution in [-0.4, -0.2) is 6.54 Å². The van der Waals surface area contributed by atoms with Gasteiger partial charge in [-0.1, -0.05) is 30.3 Å². The van der Waals surface area contributed by atoms with E-state index in [2.05, 4.69) is 50.0 Å². The summed E-state index contributed by atoms with van der Waals surface area (Å²) in [5.41, 5.74) is 2.70. The van der Waals surface area contributed by atoms with E-state index in [1.165, 1.54) is 11.1 Å². The number of rotatable bonds is 4. The lowest BCUT2D eigenvalue weighted by molar-refractivity contribution is 0.614. The van der Waals surface area contributed by atoms with Gasteiger partial charge in [0.1, 0.15) is 0 Å². The standard InChI is InChI=1S/C12H17N/c1-4-9-13-11(3)12-8-6-5-7-10(12)2/h4-8,11,13H,1,9H2,2-3H3/t11-/m0/s1. The second-order valence-electron chi connectivity index (χ2n) is 3.28. The van der Waals surface area contributed by atoms with Crippen LogP contribution >= 0.6 is 0 Å². The van der Waals surface area contributed by atoms with Crippen LogP contribution in [0.25, 0.3) is 0 Å². The summed E-state index contributed by atoms with van der Waals surface area (Å²) in [7, 11) is 0. The minimum atomic E-state index is 0.402. The zero-order valence-corrected chi connectivity index (χ0v) is 8.38. The van der Waals surface area contributed by atoms with Crippen molar-refractivity contribution in [1.82, 2.24) is 5.32 Å². The monoisotopic (exact) mass is 175 g/mol. The van der Waals surface area contributed by atoms with E-state index in [1.54, 1.807) is 0 Å². The lowest BCUT2D eigenvalue weighted by Crippen LogP contribution is -2.18. The molecule has 0 amide bonds. The highest BCUT2D eigenvalue weighted by Gasteiger charge is 2.04. The normalized spacial score (nSPS) is 12.5. The molecule has 1 nitrogen and oxygen atoms in total. The molecule has 1 aromatic rings. The zero-order chi connectivity index (χ0) is 9.68. The summed E-state index contributed by atoms with van der Waals surface area (Å²) in [6.07, 6.45) is 1.88. The molecule has 1 aromatic carbocycles. The fourth-order valence-corrected chi connectivity index (χ4v) is 1.44. The van der Waals surface area contributed by atoms with E-state index in [-0.39, 0.29) is 0 Å². The number of hydrogen-bond donors (Lipinski definition) is 1. The molecule has 1 atom stereocenters. The first-order chi connectivity index (χ1) is 6.25. The van der Waals surface area contributed by atoms with Crippen molar-refractivity contribution < 1.29 is 0 Å². The van der Waals surface area contributed by atoms with Crippen LogP contribution in [0.4, 0.5) is 0 Å². The van der Waals surface area contributed by atoms with Crippen molar-refractivity contribution in [3.05, 3.63) is 48.0 Å². The van der Waals surface area contributed by atoms with Gasteiger partial charge < -0.3 is 5.32 Å². The third-order valence-electron chi connectivity index (χ3n) is 2.22. The molecule has 0 unspecified atom stereocenters. The summed E-state index contributed by atoms with van der Waals surface area (Å²) >= 11 is 0. The highest BCUT2D eigenvalue weighted by atomic mass is 14.9. The van der Waals surface area contributed by atoms with E-state index in [1.807, 2.05) is 6.08 Å². The molecule has 1 heteroatoms. The summed E-state index contributed by atoms with van der Waals surface area (Å²) in [6, 6.07) is 8.85. The van der Waals surface area contributed by atoms with Gasteiger partial charge in [0, 0.05) is 12.6 Å². The molecule has 0 aliphatic carbocycles. The van der Waals surface area contributed by atoms with E-state index in [0.717, 1.165) is 6.54 Å². The topological polar surface area (TPSA) is 12.0 Å². The van der Waals surface area contributed by atoms with E-state index in [0.29, 0.717) is 6.04 Å². The predicted octanol–water partition coefficient (Wildman–Crippen LogP) is 2.83. The maximum atomic E-state index is 3.69. The minimum absolute atomic E-state index is 0.402. The van der Waals surface area contributed by atoms with Crippen molar-refractivity contribution in [2.45, 2.75) is 19.9 Å². The van der Waals surface area contributed by atoms with Gasteiger partial charge in [-0.2, -0.15) is 0 Å². The first kappa shape index (κ1) is 10.0. The zero-order valence-electron chi connectivity index (χ0n) is 8.38. The van der Waals surface area contributed by atoms with Crippen LogP contribution in [0.3, 0.4) is 0 Å². The molecule has 0 saturated carbocycles. The van der Waals surface area contributed by atoms with Gasteiger partial charge in [0.25, 0.3) is 0 Å². The molecule has 0 saturated heterocycles. The van der Waals surface area contributed by atoms with E-state index >= 15 is 0 Å². The van der Waals surface area contributed by atoms with Gasteiger partial charge in [-0.15, -0.1) is 6.58 Å². The number of benzene rings is 1. The van der Waals surface area contributed by atoms with Gasteiger partial charge in [-0.05, 0) is 25.0 Å². The lowest BCUT2D eigenvalue weighted by Gasteiger charge is -2.14. The van der Waals surface area contributed by atoms with Crippen molar-refractivity contribution in [3.63, 3.8) is 0 Å². The summed E-state index contributed by atoms with van der Waals surface area (Å²) in [5.74, 6) is 0. The molecule has 0 aliphatic rings. The van der Waals surface area contributed by atoms with Crippen molar-refractivity contribution in [1.29, 1.82) is 0 Å². The molecule has 0 fully saturated rings. The molecule has 0 aliphatic heterocycles. The number of aryl methyl sites for hydroxylation is 1. The van der Waals surface area contributed by atoms with E-state index < -0.39 is 0 Å². The van der Waals surface area contributed by atoms with Crippen LogP contribution in [-0.2, 0) is 0 Å². The quantitative estimate of drug-likeness (QED) is 0.694. The Morgan fingerprint density at radius 3 is 2.77 bits per heavy atom. The third-order valence-corrected chi connectivity index (χ3v) is 2.22. The predicted molar refractivity (Wildman–Crippen MR) is 57.8 cm³/mol. The molecule has 1 N–H and O–H groups in total. The SMILES string of the molecule is C=CCN[C@@H](C)c1ccccc1C. The molecular weight excluding hydrogens is 158 g/mol. The third kappa shape index (κ3) is 2.71. The Morgan fingerprint density at radius 1 is 1.46 bits per heavy atom. The molecule has 13 heavy (non-hydrogen) atoms. The van der Waals surface area contributed by atoms with Gasteiger partial charge in [0.15, 0.2) is 0 Å². The number of hydrogen-bond acceptors (Lipinski definition) is 1. The Hall–Kier alpha value is -1.08. The highest BCUT2D eigenvalue weighted by Crippen LogP contribution is 2.15. The Morgan fingerprint density at radius 2 is 2.15 bits per heavy atom. The molecule has 0 radical (unpaired) electrons. The Bertz CT molecular complexity index is 278. The van der Waals surface area contributed by atoms with Crippen LogP contribution in [0.5, 0.6) is 0 Å². The molecule has 0 spiro atoms. The minimum Gasteiger partial charge on any atom is -0.307 e. The van der Waals surface area contributed by atoms with Crippen molar-refractivity contribution in [3.8, 4) is 0 Å². The summed E-state index contributed by atoms with van der Waals surface area (Å²) in [4.78, 5) is 0. The van der Waals surface area contributed by atoms with Gasteiger partial charge in [-0.3, -0.25) is 0 Å². The largest absolute Gasteiger partial charge is 0.307 e. The fraction of sp³-hybridized carbons (Fsp3) is 0.333. The summed E-state index contributed by atoms with van der Waals surface area (Å²) in [6.45, 7) is 8.86. The van der Waals surface area contributed by atoms with Gasteiger partial charge in [0.05, 0.1) is 0 Å². The second-order valence-corrected chi connectivity index (χ2v) is 3.28. The van der Waals surface area contributed by atoms with Gasteiger partial charge in [0.2, 0.25) is 0 Å². The van der Waals surface area contributed by atoms with Crippen molar-refractivity contribution in [2.24, 2.45) is 0 Å². The van der Waals surface area contributed by atoms with Crippen LogP contribution in [0, 0.1) is 6.92 Å². The second kappa shape index (κ2) is 4.83. The van der Waals surface area contributed by atoms with Gasteiger partial charge in [-0.25, -0.2) is 0 Å². The highest BCUT2D eigenvalue weighted by molar-refractivity contribution is 5.28. The van der Waals surface area contributed by atoms with Crippen LogP contribution in [0.2, 0.25) is 0 Å². The van der Waals surface area contributed by atoms with Crippen molar-refractivity contribution >= 4 is 0 Å². The van der Waals surface area contributed by atoms with Crippen LogP contribution in [0.1, 0.15) is 24.1 Å². The first-order valence-electron chi connectivity index (χ1n) is 4.65. The molecule has 0 bridgehead atoms. The molecule has 0 heterocycles. The Labute approximate surface area is 80.5 Å². The van der Waals surface area contributed by atoms with Crippen LogP contribution < -0.4 is 5.32 Å². The smallest absolute Gasteiger partial charge is 0.0297 e. The fourth-order valence-electron chi connectivity index (χ4n) is 1.44. The number of nitrogens with one attached hydrogen (secondary N) is 1. The summed E-state index contributed by atoms with van der Waals surface area (Å²) in [5, 5.41) is 3.37. The lowest BCUT2D eigenvalue weighted by atomic mass is 10.0. The van der Waals surface area contributed by atoms with Crippen molar-refractivity contribution in [2.75, 3.05) is 6.54 Å². The summed E-state index contributed by atoms with van der Waals surface area (Å²) < 4.78 is 0. The average Bonchev–Trinajstić information content (AvgIpc) is 2.15. The van der Waals surface area contributed by atoms with Gasteiger partial charge >= 0.3 is 0 Å².